The molecule has 0 spiro atoms. The van der Waals surface area contributed by atoms with E-state index >= 15 is 0 Å². The largest absolute Gasteiger partial charge is 0.385 e. The van der Waals surface area contributed by atoms with Gasteiger partial charge in [0.15, 0.2) is 22.3 Å². The van der Waals surface area contributed by atoms with Gasteiger partial charge in [-0.1, -0.05) is 40.4 Å². The molecule has 0 saturated carbocycles. The van der Waals surface area contributed by atoms with Crippen LogP contribution in [0.1, 0.15) is 20.8 Å². The van der Waals surface area contributed by atoms with Crippen LogP contribution in [0.15, 0.2) is 12.7 Å². The third-order valence-corrected chi connectivity index (χ3v) is 12.4. The first-order valence-corrected chi connectivity index (χ1v) is 14.2. The van der Waals surface area contributed by atoms with Crippen molar-refractivity contribution in [1.29, 1.82) is 0 Å². The van der Waals surface area contributed by atoms with Crippen LogP contribution in [-0.2, 0) is 0 Å². The first-order chi connectivity index (χ1) is 10.3. The molecule has 0 amide bonds. The second kappa shape index (κ2) is 6.12. The van der Waals surface area contributed by atoms with Gasteiger partial charge < -0.3 is 8.80 Å². The van der Waals surface area contributed by atoms with Crippen molar-refractivity contribution < 1.29 is 0 Å². The SMILES string of the molecule is CC[Si](CC)(CC)N(C)c1c2ncnc-2ncn1[Si](C)(C)C. The number of nitrogens with zero attached hydrogens (tertiary/aromatic N) is 5. The highest BCUT2D eigenvalue weighted by Gasteiger charge is 2.37. The smallest absolute Gasteiger partial charge is 0.184 e. The highest BCUT2D eigenvalue weighted by atomic mass is 28.3. The van der Waals surface area contributed by atoms with E-state index in [1.54, 1.807) is 6.33 Å². The number of imidazole rings is 1. The van der Waals surface area contributed by atoms with E-state index in [4.69, 9.17) is 0 Å². The predicted octanol–water partition coefficient (Wildman–Crippen LogP) is 3.90. The predicted molar refractivity (Wildman–Crippen MR) is 98.8 cm³/mol. The summed E-state index contributed by atoms with van der Waals surface area (Å²) in [4.78, 5) is 13.4. The lowest BCUT2D eigenvalue weighted by Crippen LogP contribution is -2.53. The molecule has 0 aliphatic carbocycles. The third kappa shape index (κ3) is 2.71. The molecule has 0 radical (unpaired) electrons. The zero-order valence-corrected chi connectivity index (χ0v) is 17.0. The Morgan fingerprint density at radius 2 is 1.59 bits per heavy atom. The van der Waals surface area contributed by atoms with Crippen molar-refractivity contribution in [2.45, 2.75) is 58.5 Å². The molecule has 2 aliphatic rings. The van der Waals surface area contributed by atoms with Gasteiger partial charge >= 0.3 is 0 Å². The maximum atomic E-state index is 4.54. The Morgan fingerprint density at radius 3 is 2.09 bits per heavy atom. The van der Waals surface area contributed by atoms with E-state index < -0.39 is 16.5 Å². The summed E-state index contributed by atoms with van der Waals surface area (Å²) in [6.45, 7) is 14.1. The van der Waals surface area contributed by atoms with Gasteiger partial charge in [-0.05, 0) is 25.2 Å². The zero-order valence-electron chi connectivity index (χ0n) is 15.0. The van der Waals surface area contributed by atoms with Crippen LogP contribution in [0.4, 0.5) is 5.82 Å². The second-order valence-electron chi connectivity index (χ2n) is 7.00. The van der Waals surface area contributed by atoms with Gasteiger partial charge in [-0.25, -0.2) is 15.0 Å². The maximum absolute atomic E-state index is 4.54. The number of aromatic nitrogens is 4. The fourth-order valence-corrected chi connectivity index (χ4v) is 8.27. The van der Waals surface area contributed by atoms with E-state index in [0.717, 1.165) is 11.5 Å². The molecule has 0 aromatic carbocycles. The van der Waals surface area contributed by atoms with Gasteiger partial charge in [-0.2, -0.15) is 0 Å². The van der Waals surface area contributed by atoms with Crippen molar-refractivity contribution >= 4 is 22.3 Å². The average Bonchev–Trinajstić information content (AvgIpc) is 2.95. The molecule has 2 rings (SSSR count). The Kier molecular flexibility index (Phi) is 4.77. The molecule has 0 N–H and O–H groups in total. The summed E-state index contributed by atoms with van der Waals surface area (Å²) in [5.41, 5.74) is 0.958. The van der Waals surface area contributed by atoms with Crippen LogP contribution in [-0.4, -0.2) is 42.7 Å². The van der Waals surface area contributed by atoms with E-state index in [1.807, 2.05) is 6.33 Å². The normalized spacial score (nSPS) is 12.9. The lowest BCUT2D eigenvalue weighted by Gasteiger charge is -2.43. The molecule has 5 nitrogen and oxygen atoms in total. The Morgan fingerprint density at radius 1 is 1.00 bits per heavy atom. The van der Waals surface area contributed by atoms with Gasteiger partial charge in [0.1, 0.15) is 17.8 Å². The van der Waals surface area contributed by atoms with E-state index in [2.05, 4.69) is 71.2 Å². The van der Waals surface area contributed by atoms with Gasteiger partial charge in [0.2, 0.25) is 0 Å². The molecule has 7 heteroatoms. The molecule has 2 aliphatic heterocycles. The molecule has 0 saturated heterocycles. The van der Waals surface area contributed by atoms with Crippen molar-refractivity contribution in [1.82, 2.24) is 19.2 Å². The number of hydrogen-bond acceptors (Lipinski definition) is 4. The minimum absolute atomic E-state index is 0.766. The summed E-state index contributed by atoms with van der Waals surface area (Å²) in [6.07, 6.45) is 3.62. The van der Waals surface area contributed by atoms with Crippen LogP contribution in [0.3, 0.4) is 0 Å². The van der Waals surface area contributed by atoms with Crippen LogP contribution in [0.2, 0.25) is 37.8 Å². The Hall–Kier alpha value is -1.22. The van der Waals surface area contributed by atoms with Crippen molar-refractivity contribution in [2.75, 3.05) is 11.6 Å². The van der Waals surface area contributed by atoms with Gasteiger partial charge in [-0.15, -0.1) is 0 Å². The molecule has 122 valence electrons. The molecule has 0 atom stereocenters. The summed E-state index contributed by atoms with van der Waals surface area (Å²) in [7, 11) is -0.838. The van der Waals surface area contributed by atoms with Crippen LogP contribution >= 0.6 is 0 Å². The molecular formula is C15H29N5Si2. The Labute approximate surface area is 136 Å². The fourth-order valence-electron chi connectivity index (χ4n) is 3.29. The first kappa shape index (κ1) is 17.1. The minimum Gasteiger partial charge on any atom is -0.385 e. The molecule has 22 heavy (non-hydrogen) atoms. The van der Waals surface area contributed by atoms with E-state index in [1.165, 1.54) is 24.0 Å². The van der Waals surface area contributed by atoms with E-state index in [0.29, 0.717) is 0 Å². The monoisotopic (exact) mass is 335 g/mol. The third-order valence-electron chi connectivity index (χ3n) is 5.04. The van der Waals surface area contributed by atoms with Gasteiger partial charge in [0, 0.05) is 0 Å². The average molecular weight is 336 g/mol. The molecule has 0 unspecified atom stereocenters. The Balaban J connectivity index is 2.70. The molecule has 0 aromatic rings. The van der Waals surface area contributed by atoms with E-state index in [-0.39, 0.29) is 0 Å². The first-order valence-electron chi connectivity index (χ1n) is 8.23. The van der Waals surface area contributed by atoms with Crippen molar-refractivity contribution in [2.24, 2.45) is 0 Å². The lowest BCUT2D eigenvalue weighted by molar-refractivity contribution is 0.961. The highest BCUT2D eigenvalue weighted by Crippen LogP contribution is 2.35. The molecule has 0 aromatic heterocycles. The number of rotatable bonds is 6. The molecule has 2 heterocycles. The number of anilines is 1. The number of fused-ring (bicyclic) bond motifs is 1. The molecular weight excluding hydrogens is 306 g/mol. The quantitative estimate of drug-likeness (QED) is 0.751. The summed E-state index contributed by atoms with van der Waals surface area (Å²) >= 11 is 0. The highest BCUT2D eigenvalue weighted by molar-refractivity contribution is 6.83. The zero-order chi connectivity index (χ0) is 16.5. The molecule has 0 bridgehead atoms. The summed E-state index contributed by atoms with van der Waals surface area (Å²) in [6, 6.07) is 3.75. The van der Waals surface area contributed by atoms with Gasteiger partial charge in [0.25, 0.3) is 0 Å². The topological polar surface area (TPSA) is 46.8 Å². The van der Waals surface area contributed by atoms with Crippen molar-refractivity contribution in [3.05, 3.63) is 12.7 Å². The number of hydrogen-bond donors (Lipinski definition) is 0. The second-order valence-corrected chi connectivity index (χ2v) is 17.1. The fraction of sp³-hybridized carbons (Fsp3) is 0.667. The van der Waals surface area contributed by atoms with Crippen molar-refractivity contribution in [3.63, 3.8) is 0 Å². The summed E-state index contributed by atoms with van der Waals surface area (Å²) < 4.78 is 4.97. The molecule has 0 fully saturated rings. The van der Waals surface area contributed by atoms with Gasteiger partial charge in [0.05, 0.1) is 6.33 Å². The van der Waals surface area contributed by atoms with Crippen LogP contribution < -0.4 is 4.57 Å². The summed E-state index contributed by atoms with van der Waals surface area (Å²) in [5, 5.41) is 0. The lowest BCUT2D eigenvalue weighted by atomic mass is 10.4. The minimum atomic E-state index is -1.58. The Bertz CT molecular complexity index is 592. The van der Waals surface area contributed by atoms with Crippen LogP contribution in [0, 0.1) is 0 Å². The van der Waals surface area contributed by atoms with Gasteiger partial charge in [-0.3, -0.25) is 0 Å². The summed E-state index contributed by atoms with van der Waals surface area (Å²) in [5.74, 6) is 2.00. The maximum Gasteiger partial charge on any atom is 0.184 e. The van der Waals surface area contributed by atoms with Crippen LogP contribution in [0.5, 0.6) is 0 Å². The van der Waals surface area contributed by atoms with E-state index in [9.17, 15) is 0 Å². The van der Waals surface area contributed by atoms with Crippen molar-refractivity contribution in [3.8, 4) is 11.5 Å². The van der Waals surface area contributed by atoms with Crippen LogP contribution in [0.25, 0.3) is 11.5 Å². The standard InChI is InChI=1S/C15H29N5Si2/c1-8-22(9-2,10-3)19(4)15-13-14(17-11-16-13)18-12-20(15)21(5,6)7/h11-12H,8-10H2,1-7H3.